The molecule has 0 bridgehead atoms. The maximum atomic E-state index is 12.4. The van der Waals surface area contributed by atoms with Gasteiger partial charge in [-0.25, -0.2) is 0 Å². The van der Waals surface area contributed by atoms with Crippen molar-refractivity contribution in [3.8, 4) is 0 Å². The maximum Gasteiger partial charge on any atom is 0.251 e. The molecule has 3 N–H and O–H groups in total. The zero-order valence-corrected chi connectivity index (χ0v) is 17.6. The average molecular weight is 386 g/mol. The number of carbonyl (C=O) groups is 3. The minimum atomic E-state index is -0.350. The van der Waals surface area contributed by atoms with Gasteiger partial charge in [0, 0.05) is 40.0 Å². The van der Waals surface area contributed by atoms with Crippen molar-refractivity contribution >= 4 is 23.3 Å². The van der Waals surface area contributed by atoms with E-state index < -0.39 is 0 Å². The second kappa shape index (κ2) is 8.27. The number of piperidine rings is 1. The Kier molecular flexibility index (Phi) is 6.44. The highest BCUT2D eigenvalue weighted by Gasteiger charge is 2.37. The van der Waals surface area contributed by atoms with Gasteiger partial charge in [-0.05, 0) is 78.6 Å². The Balaban J connectivity index is 1.96. The third-order valence-electron chi connectivity index (χ3n) is 4.79. The molecule has 6 heteroatoms. The first-order valence-corrected chi connectivity index (χ1v) is 9.57. The molecule has 6 nitrogen and oxygen atoms in total. The van der Waals surface area contributed by atoms with Gasteiger partial charge in [-0.15, -0.1) is 0 Å². The Bertz CT molecular complexity index is 776. The lowest BCUT2D eigenvalue weighted by Gasteiger charge is -2.46. The van der Waals surface area contributed by atoms with Gasteiger partial charge in [0.25, 0.3) is 5.91 Å². The lowest BCUT2D eigenvalue weighted by atomic mass is 9.79. The van der Waals surface area contributed by atoms with E-state index in [-0.39, 0.29) is 34.7 Å². The summed E-state index contributed by atoms with van der Waals surface area (Å²) in [4.78, 5) is 36.0. The highest BCUT2D eigenvalue weighted by Crippen LogP contribution is 2.28. The van der Waals surface area contributed by atoms with Crippen LogP contribution in [0, 0.1) is 0 Å². The minimum Gasteiger partial charge on any atom is -0.350 e. The summed E-state index contributed by atoms with van der Waals surface area (Å²) in [5, 5.41) is 9.34. The summed E-state index contributed by atoms with van der Waals surface area (Å²) in [5.41, 5.74) is 1.34. The molecule has 2 rings (SSSR count). The Labute approximate surface area is 167 Å². The van der Waals surface area contributed by atoms with Gasteiger partial charge in [-0.2, -0.15) is 0 Å². The number of hydrogen-bond donors (Lipinski definition) is 3. The van der Waals surface area contributed by atoms with Crippen molar-refractivity contribution in [3.05, 3.63) is 41.5 Å². The molecule has 1 aromatic carbocycles. The first-order chi connectivity index (χ1) is 12.9. The molecule has 1 fully saturated rings. The second-order valence-corrected chi connectivity index (χ2v) is 8.92. The molecule has 1 heterocycles. The summed E-state index contributed by atoms with van der Waals surface area (Å²) in [7, 11) is 0. The van der Waals surface area contributed by atoms with Crippen molar-refractivity contribution in [2.75, 3.05) is 5.32 Å². The molecular weight excluding hydrogens is 354 g/mol. The highest BCUT2D eigenvalue weighted by atomic mass is 16.2. The fraction of sp³-hybridized carbons (Fsp3) is 0.500. The van der Waals surface area contributed by atoms with Crippen LogP contribution in [0.4, 0.5) is 5.69 Å². The molecule has 1 saturated heterocycles. The van der Waals surface area contributed by atoms with Crippen molar-refractivity contribution < 1.29 is 14.4 Å². The molecule has 0 aliphatic carbocycles. The molecular formula is C22H31N3O3. The lowest BCUT2D eigenvalue weighted by molar-refractivity contribution is -0.118. The predicted molar refractivity (Wildman–Crippen MR) is 111 cm³/mol. The predicted octanol–water partition coefficient (Wildman–Crippen LogP) is 3.20. The number of rotatable bonds is 5. The number of ketones is 1. The van der Waals surface area contributed by atoms with Gasteiger partial charge in [0.1, 0.15) is 0 Å². The van der Waals surface area contributed by atoms with E-state index in [0.717, 1.165) is 12.8 Å². The number of Topliss-reactive ketones (excluding diaryl/α,β-unsaturated/α-hetero) is 1. The van der Waals surface area contributed by atoms with Gasteiger partial charge < -0.3 is 16.0 Å². The van der Waals surface area contributed by atoms with Crippen LogP contribution in [-0.2, 0) is 9.59 Å². The topological polar surface area (TPSA) is 87.3 Å². The van der Waals surface area contributed by atoms with E-state index in [4.69, 9.17) is 0 Å². The van der Waals surface area contributed by atoms with Gasteiger partial charge in [0.15, 0.2) is 5.78 Å². The number of amides is 2. The van der Waals surface area contributed by atoms with E-state index in [1.165, 1.54) is 13.0 Å². The van der Waals surface area contributed by atoms with Crippen LogP contribution in [0.2, 0.25) is 0 Å². The van der Waals surface area contributed by atoms with Gasteiger partial charge in [0.05, 0.1) is 0 Å². The third-order valence-corrected chi connectivity index (χ3v) is 4.79. The molecule has 2 amide bonds. The summed E-state index contributed by atoms with van der Waals surface area (Å²) in [5.74, 6) is -0.648. The molecule has 152 valence electrons. The fourth-order valence-electron chi connectivity index (χ4n) is 3.95. The largest absolute Gasteiger partial charge is 0.350 e. The average Bonchev–Trinajstić information content (AvgIpc) is 2.51. The van der Waals surface area contributed by atoms with E-state index in [9.17, 15) is 14.4 Å². The summed E-state index contributed by atoms with van der Waals surface area (Å²) in [6.07, 6.45) is 2.98. The molecule has 1 aliphatic heterocycles. The number of carbonyl (C=O) groups excluding carboxylic acids is 3. The van der Waals surface area contributed by atoms with Crippen LogP contribution in [0.1, 0.15) is 64.7 Å². The fourth-order valence-corrected chi connectivity index (χ4v) is 3.95. The van der Waals surface area contributed by atoms with Crippen LogP contribution in [0.5, 0.6) is 0 Å². The summed E-state index contributed by atoms with van der Waals surface area (Å²) in [6.45, 7) is 11.6. The van der Waals surface area contributed by atoms with Crippen molar-refractivity contribution in [2.24, 2.45) is 0 Å². The maximum absolute atomic E-state index is 12.4. The molecule has 0 atom stereocenters. The molecule has 28 heavy (non-hydrogen) atoms. The standard InChI is InChI=1S/C22H31N3O3/c1-14(20(28)24-17-9-7-16(8-10-17)15(2)26)11-19(27)23-18-12-21(3,4)25-22(5,6)13-18/h7-11,18,25H,12-13H2,1-6H3,(H,23,27)(H,24,28)/b14-11-. The summed E-state index contributed by atoms with van der Waals surface area (Å²) in [6, 6.07) is 6.70. The third kappa shape index (κ3) is 6.30. The molecule has 1 aliphatic rings. The smallest absolute Gasteiger partial charge is 0.251 e. The van der Waals surface area contributed by atoms with E-state index in [0.29, 0.717) is 16.8 Å². The van der Waals surface area contributed by atoms with Crippen molar-refractivity contribution in [1.82, 2.24) is 10.6 Å². The Morgan fingerprint density at radius 3 is 2.04 bits per heavy atom. The van der Waals surface area contributed by atoms with Crippen LogP contribution < -0.4 is 16.0 Å². The quantitative estimate of drug-likeness (QED) is 0.537. The SMILES string of the molecule is CC(=O)c1ccc(NC(=O)/C(C)=C\C(=O)NC2CC(C)(C)NC(C)(C)C2)cc1. The molecule has 0 saturated carbocycles. The molecule has 0 radical (unpaired) electrons. The van der Waals surface area contributed by atoms with E-state index >= 15 is 0 Å². The summed E-state index contributed by atoms with van der Waals surface area (Å²) < 4.78 is 0. The van der Waals surface area contributed by atoms with E-state index in [2.05, 4.69) is 43.6 Å². The van der Waals surface area contributed by atoms with Gasteiger partial charge in [-0.3, -0.25) is 14.4 Å². The van der Waals surface area contributed by atoms with Crippen LogP contribution in [0.25, 0.3) is 0 Å². The van der Waals surface area contributed by atoms with E-state index in [1.54, 1.807) is 31.2 Å². The van der Waals surface area contributed by atoms with Gasteiger partial charge in [-0.1, -0.05) is 0 Å². The number of nitrogens with one attached hydrogen (secondary N) is 3. The molecule has 0 spiro atoms. The number of anilines is 1. The monoisotopic (exact) mass is 385 g/mol. The number of hydrogen-bond acceptors (Lipinski definition) is 4. The molecule has 0 unspecified atom stereocenters. The highest BCUT2D eigenvalue weighted by molar-refractivity contribution is 6.07. The number of benzene rings is 1. The molecule has 0 aromatic heterocycles. The lowest BCUT2D eigenvalue weighted by Crippen LogP contribution is -2.62. The Morgan fingerprint density at radius 2 is 1.54 bits per heavy atom. The zero-order valence-electron chi connectivity index (χ0n) is 17.6. The Morgan fingerprint density at radius 1 is 1.00 bits per heavy atom. The first kappa shape index (κ1) is 21.8. The van der Waals surface area contributed by atoms with Crippen LogP contribution in [-0.4, -0.2) is 34.7 Å². The van der Waals surface area contributed by atoms with Crippen molar-refractivity contribution in [2.45, 2.75) is 71.5 Å². The van der Waals surface area contributed by atoms with Crippen molar-refractivity contribution in [3.63, 3.8) is 0 Å². The van der Waals surface area contributed by atoms with Crippen molar-refractivity contribution in [1.29, 1.82) is 0 Å². The Hall–Kier alpha value is -2.47. The molecule has 1 aromatic rings. The first-order valence-electron chi connectivity index (χ1n) is 9.57. The van der Waals surface area contributed by atoms with Crippen LogP contribution in [0.15, 0.2) is 35.9 Å². The summed E-state index contributed by atoms with van der Waals surface area (Å²) >= 11 is 0. The minimum absolute atomic E-state index is 0.0325. The van der Waals surface area contributed by atoms with Crippen LogP contribution >= 0.6 is 0 Å². The second-order valence-electron chi connectivity index (χ2n) is 8.92. The van der Waals surface area contributed by atoms with Crippen LogP contribution in [0.3, 0.4) is 0 Å². The normalized spacial score (nSPS) is 19.0. The zero-order chi connectivity index (χ0) is 21.1. The van der Waals surface area contributed by atoms with Gasteiger partial charge >= 0.3 is 0 Å². The van der Waals surface area contributed by atoms with E-state index in [1.807, 2.05) is 0 Å². The van der Waals surface area contributed by atoms with Gasteiger partial charge in [0.2, 0.25) is 5.91 Å².